The van der Waals surface area contributed by atoms with E-state index >= 15 is 0 Å². The van der Waals surface area contributed by atoms with Crippen LogP contribution in [0.4, 0.5) is 0 Å². The molecule has 0 bridgehead atoms. The third-order valence-corrected chi connectivity index (χ3v) is 4.01. The lowest BCUT2D eigenvalue weighted by Crippen LogP contribution is -2.44. The van der Waals surface area contributed by atoms with E-state index in [-0.39, 0.29) is 11.9 Å². The Balaban J connectivity index is 1.94. The summed E-state index contributed by atoms with van der Waals surface area (Å²) in [6.07, 6.45) is 6.19. The smallest absolute Gasteiger partial charge is 0.251 e. The molecule has 21 heavy (non-hydrogen) atoms. The summed E-state index contributed by atoms with van der Waals surface area (Å²) in [7, 11) is 0. The maximum absolute atomic E-state index is 12.3. The van der Waals surface area contributed by atoms with E-state index < -0.39 is 0 Å². The molecular formula is C17H24N2O2. The van der Waals surface area contributed by atoms with Gasteiger partial charge in [0.1, 0.15) is 12.4 Å². The molecule has 0 saturated heterocycles. The summed E-state index contributed by atoms with van der Waals surface area (Å²) in [5.74, 6) is 1.11. The predicted molar refractivity (Wildman–Crippen MR) is 84.4 cm³/mol. The van der Waals surface area contributed by atoms with Crippen molar-refractivity contribution in [3.05, 3.63) is 42.5 Å². The molecule has 0 radical (unpaired) electrons. The summed E-state index contributed by atoms with van der Waals surface area (Å²) in [6, 6.07) is 7.38. The van der Waals surface area contributed by atoms with Crippen molar-refractivity contribution >= 4 is 5.91 Å². The fraction of sp³-hybridized carbons (Fsp3) is 0.471. The molecule has 114 valence electrons. The Kier molecular flexibility index (Phi) is 5.81. The lowest BCUT2D eigenvalue weighted by Gasteiger charge is -2.31. The Morgan fingerprint density at radius 2 is 2.05 bits per heavy atom. The summed E-state index contributed by atoms with van der Waals surface area (Å²) < 4.78 is 5.41. The average molecular weight is 288 g/mol. The van der Waals surface area contributed by atoms with Gasteiger partial charge in [0.2, 0.25) is 0 Å². The topological polar surface area (TPSA) is 64.3 Å². The van der Waals surface area contributed by atoms with Gasteiger partial charge >= 0.3 is 0 Å². The van der Waals surface area contributed by atoms with Crippen molar-refractivity contribution in [3.63, 3.8) is 0 Å². The van der Waals surface area contributed by atoms with Gasteiger partial charge in [-0.3, -0.25) is 4.79 Å². The number of carbonyl (C=O) groups is 1. The zero-order chi connectivity index (χ0) is 15.1. The van der Waals surface area contributed by atoms with E-state index in [1.807, 2.05) is 0 Å². The maximum Gasteiger partial charge on any atom is 0.251 e. The molecule has 1 aromatic rings. The number of amides is 1. The molecule has 4 nitrogen and oxygen atoms in total. The van der Waals surface area contributed by atoms with Crippen LogP contribution in [0.1, 0.15) is 36.0 Å². The number of rotatable bonds is 6. The summed E-state index contributed by atoms with van der Waals surface area (Å²) in [4.78, 5) is 12.3. The van der Waals surface area contributed by atoms with Crippen molar-refractivity contribution in [1.29, 1.82) is 0 Å². The monoisotopic (exact) mass is 288 g/mol. The summed E-state index contributed by atoms with van der Waals surface area (Å²) in [6.45, 7) is 4.70. The molecule has 2 rings (SSSR count). The van der Waals surface area contributed by atoms with Crippen molar-refractivity contribution in [2.24, 2.45) is 11.7 Å². The van der Waals surface area contributed by atoms with Crippen LogP contribution in [0.5, 0.6) is 5.75 Å². The lowest BCUT2D eigenvalue weighted by atomic mass is 9.84. The summed E-state index contributed by atoms with van der Waals surface area (Å²) in [5, 5.41) is 3.12. The van der Waals surface area contributed by atoms with Crippen LogP contribution in [0.15, 0.2) is 36.9 Å². The quantitative estimate of drug-likeness (QED) is 0.790. The number of nitrogens with one attached hydrogen (secondary N) is 1. The van der Waals surface area contributed by atoms with Crippen LogP contribution in [-0.4, -0.2) is 25.1 Å². The summed E-state index contributed by atoms with van der Waals surface area (Å²) >= 11 is 0. The highest BCUT2D eigenvalue weighted by Crippen LogP contribution is 2.24. The first-order valence-electron chi connectivity index (χ1n) is 7.59. The zero-order valence-corrected chi connectivity index (χ0v) is 12.4. The van der Waals surface area contributed by atoms with Crippen LogP contribution in [0.3, 0.4) is 0 Å². The zero-order valence-electron chi connectivity index (χ0n) is 12.4. The third-order valence-electron chi connectivity index (χ3n) is 4.01. The van der Waals surface area contributed by atoms with Crippen LogP contribution in [0.2, 0.25) is 0 Å². The first-order chi connectivity index (χ1) is 10.2. The average Bonchev–Trinajstić information content (AvgIpc) is 2.54. The molecule has 2 unspecified atom stereocenters. The number of hydrogen-bond donors (Lipinski definition) is 2. The molecule has 1 saturated carbocycles. The van der Waals surface area contributed by atoms with E-state index in [1.54, 1.807) is 30.3 Å². The molecule has 1 aliphatic carbocycles. The largest absolute Gasteiger partial charge is 0.490 e. The minimum atomic E-state index is -0.0318. The van der Waals surface area contributed by atoms with E-state index in [1.165, 1.54) is 6.42 Å². The Morgan fingerprint density at radius 3 is 2.71 bits per heavy atom. The minimum absolute atomic E-state index is 0.0318. The van der Waals surface area contributed by atoms with Crippen LogP contribution < -0.4 is 15.8 Å². The molecule has 0 aromatic heterocycles. The molecule has 0 aliphatic heterocycles. The first kappa shape index (κ1) is 15.6. The molecule has 0 heterocycles. The third kappa shape index (κ3) is 4.33. The molecule has 4 heteroatoms. The highest BCUT2D eigenvalue weighted by Gasteiger charge is 2.25. The van der Waals surface area contributed by atoms with Crippen molar-refractivity contribution in [2.45, 2.75) is 31.7 Å². The highest BCUT2D eigenvalue weighted by atomic mass is 16.5. The fourth-order valence-electron chi connectivity index (χ4n) is 2.79. The second kappa shape index (κ2) is 7.84. The highest BCUT2D eigenvalue weighted by molar-refractivity contribution is 5.94. The van der Waals surface area contributed by atoms with E-state index in [4.69, 9.17) is 10.5 Å². The Bertz CT molecular complexity index is 470. The molecule has 3 N–H and O–H groups in total. The minimum Gasteiger partial charge on any atom is -0.490 e. The molecule has 1 amide bonds. The van der Waals surface area contributed by atoms with Gasteiger partial charge < -0.3 is 15.8 Å². The van der Waals surface area contributed by atoms with Gasteiger partial charge in [0.15, 0.2) is 0 Å². The predicted octanol–water partition coefficient (Wildman–Crippen LogP) is 2.50. The van der Waals surface area contributed by atoms with Crippen molar-refractivity contribution in [2.75, 3.05) is 13.2 Å². The second-order valence-electron chi connectivity index (χ2n) is 5.48. The lowest BCUT2D eigenvalue weighted by molar-refractivity contribution is 0.0908. The van der Waals surface area contributed by atoms with Crippen LogP contribution in [0, 0.1) is 5.92 Å². The van der Waals surface area contributed by atoms with E-state index in [9.17, 15) is 4.79 Å². The molecule has 0 spiro atoms. The van der Waals surface area contributed by atoms with Gasteiger partial charge in [-0.2, -0.15) is 0 Å². The van der Waals surface area contributed by atoms with Crippen LogP contribution in [0.25, 0.3) is 0 Å². The van der Waals surface area contributed by atoms with Gasteiger partial charge in [-0.15, -0.1) is 0 Å². The molecule has 1 aromatic carbocycles. The molecule has 2 atom stereocenters. The normalized spacial score (nSPS) is 21.6. The number of hydrogen-bond acceptors (Lipinski definition) is 3. The fourth-order valence-corrected chi connectivity index (χ4v) is 2.79. The second-order valence-corrected chi connectivity index (χ2v) is 5.48. The Labute approximate surface area is 126 Å². The number of ether oxygens (including phenoxy) is 1. The SMILES string of the molecule is C=CCOc1ccc(C(=O)NC2CCCCC2CN)cc1. The molecule has 1 aliphatic rings. The van der Waals surface area contributed by atoms with Gasteiger partial charge in [0, 0.05) is 11.6 Å². The van der Waals surface area contributed by atoms with Crippen molar-refractivity contribution < 1.29 is 9.53 Å². The van der Waals surface area contributed by atoms with Gasteiger partial charge in [0.05, 0.1) is 0 Å². The summed E-state index contributed by atoms with van der Waals surface area (Å²) in [5.41, 5.74) is 6.45. The van der Waals surface area contributed by atoms with E-state index in [0.29, 0.717) is 24.6 Å². The maximum atomic E-state index is 12.3. The van der Waals surface area contributed by atoms with Crippen LogP contribution in [-0.2, 0) is 0 Å². The number of carbonyl (C=O) groups excluding carboxylic acids is 1. The van der Waals surface area contributed by atoms with Gasteiger partial charge in [-0.1, -0.05) is 25.5 Å². The number of nitrogens with two attached hydrogens (primary N) is 1. The molecular weight excluding hydrogens is 264 g/mol. The van der Waals surface area contributed by atoms with Crippen molar-refractivity contribution in [1.82, 2.24) is 5.32 Å². The van der Waals surface area contributed by atoms with Gasteiger partial charge in [-0.05, 0) is 49.6 Å². The van der Waals surface area contributed by atoms with E-state index in [0.717, 1.165) is 25.0 Å². The first-order valence-corrected chi connectivity index (χ1v) is 7.59. The number of benzene rings is 1. The van der Waals surface area contributed by atoms with Gasteiger partial charge in [-0.25, -0.2) is 0 Å². The van der Waals surface area contributed by atoms with Crippen molar-refractivity contribution in [3.8, 4) is 5.75 Å². The Hall–Kier alpha value is -1.81. The van der Waals surface area contributed by atoms with E-state index in [2.05, 4.69) is 11.9 Å². The van der Waals surface area contributed by atoms with Gasteiger partial charge in [0.25, 0.3) is 5.91 Å². The Morgan fingerprint density at radius 1 is 1.33 bits per heavy atom. The standard InChI is InChI=1S/C17H24N2O2/c1-2-11-21-15-9-7-13(8-10-15)17(20)19-16-6-4-3-5-14(16)12-18/h2,7-10,14,16H,1,3-6,11-12,18H2,(H,19,20). The molecule has 1 fully saturated rings. The van der Waals surface area contributed by atoms with Crippen LogP contribution >= 0.6 is 0 Å².